The zero-order valence-electron chi connectivity index (χ0n) is 8.03. The predicted octanol–water partition coefficient (Wildman–Crippen LogP) is 2.95. The van der Waals surface area contributed by atoms with E-state index >= 15 is 0 Å². The monoisotopic (exact) mass is 224 g/mol. The van der Waals surface area contributed by atoms with Crippen LogP contribution >= 0.6 is 11.6 Å². The summed E-state index contributed by atoms with van der Waals surface area (Å²) in [6, 6.07) is 0. The molecular weight excluding hydrogens is 215 g/mol. The van der Waals surface area contributed by atoms with E-state index in [1.54, 1.807) is 0 Å². The second kappa shape index (κ2) is 3.27. The first kappa shape index (κ1) is 9.28. The van der Waals surface area contributed by atoms with Gasteiger partial charge in [0.05, 0.1) is 5.69 Å². The van der Waals surface area contributed by atoms with E-state index in [9.17, 15) is 4.39 Å². The van der Waals surface area contributed by atoms with Crippen molar-refractivity contribution in [2.24, 2.45) is 11.8 Å². The van der Waals surface area contributed by atoms with Crippen molar-refractivity contribution in [1.29, 1.82) is 0 Å². The van der Waals surface area contributed by atoms with Gasteiger partial charge in [-0.05, 0) is 24.7 Å². The summed E-state index contributed by atoms with van der Waals surface area (Å²) in [6.45, 7) is 0. The zero-order chi connectivity index (χ0) is 10.4. The molecule has 0 aliphatic heterocycles. The smallest absolute Gasteiger partial charge is 0.182 e. The van der Waals surface area contributed by atoms with Gasteiger partial charge in [0.25, 0.3) is 0 Å². The summed E-state index contributed by atoms with van der Waals surface area (Å²) in [5.41, 5.74) is 0.492. The summed E-state index contributed by atoms with van der Waals surface area (Å²) >= 11 is 5.65. The highest BCUT2D eigenvalue weighted by molar-refractivity contribution is 6.29. The quantitative estimate of drug-likeness (QED) is 0.542. The Balaban J connectivity index is 2.00. The second-order valence-electron chi connectivity index (χ2n) is 4.25. The first-order chi connectivity index (χ1) is 7.25. The van der Waals surface area contributed by atoms with Gasteiger partial charge < -0.3 is 0 Å². The molecule has 1 fully saturated rings. The molecule has 78 valence electrons. The fourth-order valence-electron chi connectivity index (χ4n) is 2.71. The van der Waals surface area contributed by atoms with Crippen molar-refractivity contribution in [3.8, 4) is 0 Å². The Kier molecular flexibility index (Phi) is 2.02. The standard InChI is InChI=1S/C11H10ClFN2/c12-11-9(13)10(14-5-15-11)8-4-6-1-2-7(8)3-6/h1-2,5-8H,3-4H2. The number of hydrogen-bond acceptors (Lipinski definition) is 2. The summed E-state index contributed by atoms with van der Waals surface area (Å²) < 4.78 is 13.7. The first-order valence-electron chi connectivity index (χ1n) is 5.10. The van der Waals surface area contributed by atoms with Gasteiger partial charge in [-0.15, -0.1) is 0 Å². The molecule has 0 saturated heterocycles. The van der Waals surface area contributed by atoms with E-state index in [1.807, 2.05) is 0 Å². The molecule has 3 rings (SSSR count). The number of aromatic nitrogens is 2. The van der Waals surface area contributed by atoms with E-state index in [4.69, 9.17) is 11.6 Å². The highest BCUT2D eigenvalue weighted by Gasteiger charge is 2.38. The average molecular weight is 225 g/mol. The minimum absolute atomic E-state index is 0.0632. The molecule has 4 heteroatoms. The lowest BCUT2D eigenvalue weighted by atomic mass is 9.90. The van der Waals surface area contributed by atoms with Crippen LogP contribution in [0.15, 0.2) is 18.5 Å². The van der Waals surface area contributed by atoms with Crippen molar-refractivity contribution >= 4 is 11.6 Å². The van der Waals surface area contributed by atoms with Crippen molar-refractivity contribution in [3.63, 3.8) is 0 Å². The Morgan fingerprint density at radius 2 is 2.13 bits per heavy atom. The van der Waals surface area contributed by atoms with Crippen LogP contribution in [0.1, 0.15) is 24.5 Å². The second-order valence-corrected chi connectivity index (χ2v) is 4.61. The van der Waals surface area contributed by atoms with Crippen molar-refractivity contribution in [1.82, 2.24) is 9.97 Å². The molecule has 15 heavy (non-hydrogen) atoms. The Bertz CT molecular complexity index is 433. The molecule has 0 radical (unpaired) electrons. The molecule has 0 aromatic carbocycles. The Morgan fingerprint density at radius 3 is 2.80 bits per heavy atom. The number of hydrogen-bond donors (Lipinski definition) is 0. The van der Waals surface area contributed by atoms with Crippen LogP contribution in [-0.2, 0) is 0 Å². The molecule has 2 bridgehead atoms. The summed E-state index contributed by atoms with van der Waals surface area (Å²) in [7, 11) is 0. The molecule has 0 amide bonds. The zero-order valence-corrected chi connectivity index (χ0v) is 8.78. The molecule has 1 saturated carbocycles. The Hall–Kier alpha value is -0.960. The van der Waals surface area contributed by atoms with E-state index in [1.165, 1.54) is 6.33 Å². The highest BCUT2D eigenvalue weighted by atomic mass is 35.5. The molecule has 3 unspecified atom stereocenters. The van der Waals surface area contributed by atoms with Gasteiger partial charge in [-0.25, -0.2) is 14.4 Å². The van der Waals surface area contributed by atoms with Gasteiger partial charge in [0.1, 0.15) is 6.33 Å². The van der Waals surface area contributed by atoms with Crippen LogP contribution in [0.5, 0.6) is 0 Å². The number of rotatable bonds is 1. The summed E-state index contributed by atoms with van der Waals surface area (Å²) in [5.74, 6) is 0.800. The lowest BCUT2D eigenvalue weighted by Crippen LogP contribution is -2.10. The van der Waals surface area contributed by atoms with Crippen LogP contribution in [0.4, 0.5) is 4.39 Å². The molecule has 1 aromatic heterocycles. The van der Waals surface area contributed by atoms with Crippen molar-refractivity contribution < 1.29 is 4.39 Å². The fourth-order valence-corrected chi connectivity index (χ4v) is 2.85. The fraction of sp³-hybridized carbons (Fsp3) is 0.455. The molecule has 2 nitrogen and oxygen atoms in total. The van der Waals surface area contributed by atoms with Gasteiger partial charge in [-0.2, -0.15) is 0 Å². The predicted molar refractivity (Wildman–Crippen MR) is 55.1 cm³/mol. The molecular formula is C11H10ClFN2. The normalized spacial score (nSPS) is 32.5. The molecule has 0 N–H and O–H groups in total. The largest absolute Gasteiger partial charge is 0.238 e. The van der Waals surface area contributed by atoms with Crippen LogP contribution in [0.25, 0.3) is 0 Å². The maximum absolute atomic E-state index is 13.7. The van der Waals surface area contributed by atoms with E-state index in [0.717, 1.165) is 12.8 Å². The average Bonchev–Trinajstić information content (AvgIpc) is 2.83. The van der Waals surface area contributed by atoms with E-state index in [2.05, 4.69) is 22.1 Å². The topological polar surface area (TPSA) is 25.8 Å². The van der Waals surface area contributed by atoms with Crippen molar-refractivity contribution in [2.75, 3.05) is 0 Å². The van der Waals surface area contributed by atoms with Gasteiger partial charge in [0, 0.05) is 5.92 Å². The molecule has 2 aliphatic carbocycles. The van der Waals surface area contributed by atoms with Gasteiger partial charge in [0.15, 0.2) is 11.0 Å². The number of fused-ring (bicyclic) bond motifs is 2. The van der Waals surface area contributed by atoms with Gasteiger partial charge in [-0.1, -0.05) is 23.8 Å². The number of halogens is 2. The van der Waals surface area contributed by atoms with Crippen molar-refractivity contribution in [2.45, 2.75) is 18.8 Å². The summed E-state index contributed by atoms with van der Waals surface area (Å²) in [6.07, 6.45) is 7.86. The third kappa shape index (κ3) is 1.37. The SMILES string of the molecule is Fc1c(Cl)ncnc1C1CC2C=CC1C2. The Labute approximate surface area is 92.2 Å². The number of allylic oxidation sites excluding steroid dienone is 2. The maximum Gasteiger partial charge on any atom is 0.182 e. The van der Waals surface area contributed by atoms with E-state index in [0.29, 0.717) is 17.5 Å². The lowest BCUT2D eigenvalue weighted by Gasteiger charge is -2.17. The van der Waals surface area contributed by atoms with Crippen LogP contribution in [0, 0.1) is 17.7 Å². The van der Waals surface area contributed by atoms with Crippen LogP contribution in [0.2, 0.25) is 5.15 Å². The third-order valence-corrected chi connectivity index (χ3v) is 3.67. The Morgan fingerprint density at radius 1 is 1.27 bits per heavy atom. The van der Waals surface area contributed by atoms with Crippen LogP contribution in [-0.4, -0.2) is 9.97 Å². The minimum atomic E-state index is -0.440. The van der Waals surface area contributed by atoms with Crippen LogP contribution < -0.4 is 0 Å². The lowest BCUT2D eigenvalue weighted by molar-refractivity contribution is 0.510. The first-order valence-corrected chi connectivity index (χ1v) is 5.47. The molecule has 3 atom stereocenters. The van der Waals surface area contributed by atoms with Gasteiger partial charge in [0.2, 0.25) is 0 Å². The molecule has 0 spiro atoms. The van der Waals surface area contributed by atoms with E-state index < -0.39 is 5.82 Å². The van der Waals surface area contributed by atoms with Gasteiger partial charge in [-0.3, -0.25) is 0 Å². The maximum atomic E-state index is 13.7. The molecule has 1 heterocycles. The van der Waals surface area contributed by atoms with Gasteiger partial charge >= 0.3 is 0 Å². The van der Waals surface area contributed by atoms with Crippen molar-refractivity contribution in [3.05, 3.63) is 35.1 Å². The minimum Gasteiger partial charge on any atom is -0.238 e. The summed E-state index contributed by atoms with van der Waals surface area (Å²) in [4.78, 5) is 7.67. The van der Waals surface area contributed by atoms with E-state index in [-0.39, 0.29) is 11.1 Å². The number of nitrogens with zero attached hydrogens (tertiary/aromatic N) is 2. The molecule has 1 aromatic rings. The third-order valence-electron chi connectivity index (χ3n) is 3.40. The highest BCUT2D eigenvalue weighted by Crippen LogP contribution is 2.48. The summed E-state index contributed by atoms with van der Waals surface area (Å²) in [5, 5.41) is -0.0632. The van der Waals surface area contributed by atoms with Crippen LogP contribution in [0.3, 0.4) is 0 Å². The molecule has 2 aliphatic rings.